The third-order valence-electron chi connectivity index (χ3n) is 5.06. The molecule has 0 aromatic heterocycles. The Hall–Kier alpha value is -0.340. The third kappa shape index (κ3) is 1.46. The van der Waals surface area contributed by atoms with Crippen molar-refractivity contribution in [2.24, 2.45) is 5.41 Å². The number of rotatable bonds is 0. The van der Waals surface area contributed by atoms with E-state index in [4.69, 9.17) is 0 Å². The average molecular weight is 221 g/mol. The quantitative estimate of drug-likeness (QED) is 0.616. The first-order chi connectivity index (χ1) is 7.78. The Kier molecular flexibility index (Phi) is 2.60. The topological polar surface area (TPSA) is 32.3 Å². The second kappa shape index (κ2) is 3.85. The number of hydrogen-bond donors (Lipinski definition) is 2. The highest BCUT2D eigenvalue weighted by Gasteiger charge is 2.54. The van der Waals surface area contributed by atoms with Gasteiger partial charge in [-0.15, -0.1) is 0 Å². The highest BCUT2D eigenvalue weighted by molar-refractivity contribution is 5.22. The molecule has 0 aromatic carbocycles. The molecule has 3 rings (SSSR count). The zero-order valence-corrected chi connectivity index (χ0v) is 10.0. The van der Waals surface area contributed by atoms with Crippen molar-refractivity contribution in [1.82, 2.24) is 5.32 Å². The van der Waals surface area contributed by atoms with Crippen LogP contribution in [-0.4, -0.2) is 23.3 Å². The summed E-state index contributed by atoms with van der Waals surface area (Å²) >= 11 is 0. The zero-order chi connectivity index (χ0) is 11.1. The largest absolute Gasteiger partial charge is 0.390 e. The van der Waals surface area contributed by atoms with Gasteiger partial charge in [0.25, 0.3) is 0 Å². The Balaban J connectivity index is 1.85. The Morgan fingerprint density at radius 3 is 2.56 bits per heavy atom. The van der Waals surface area contributed by atoms with E-state index in [0.29, 0.717) is 0 Å². The van der Waals surface area contributed by atoms with Gasteiger partial charge in [-0.3, -0.25) is 0 Å². The molecule has 1 heterocycles. The van der Waals surface area contributed by atoms with Crippen LogP contribution in [0, 0.1) is 5.41 Å². The standard InChI is InChI=1S/C14H23NO/c16-12-13(7-3-1-4-8-13)11-15-14(12)9-5-2-6-10-14/h5,9,12,15-16H,1-4,6-8,10-11H2. The lowest BCUT2D eigenvalue weighted by atomic mass is 9.67. The fraction of sp³-hybridized carbons (Fsp3) is 0.857. The molecule has 2 N–H and O–H groups in total. The summed E-state index contributed by atoms with van der Waals surface area (Å²) in [4.78, 5) is 0. The Morgan fingerprint density at radius 1 is 1.06 bits per heavy atom. The first kappa shape index (κ1) is 10.8. The number of allylic oxidation sites excluding steroid dienone is 1. The van der Waals surface area contributed by atoms with Crippen LogP contribution in [0.25, 0.3) is 0 Å². The molecule has 0 aromatic rings. The highest BCUT2D eigenvalue weighted by Crippen LogP contribution is 2.48. The zero-order valence-electron chi connectivity index (χ0n) is 10.0. The van der Waals surface area contributed by atoms with Gasteiger partial charge in [0.05, 0.1) is 11.6 Å². The SMILES string of the molecule is OC1C2(CCCCC2)CNC12C=CCCC2. The number of aliphatic hydroxyl groups excluding tert-OH is 1. The van der Waals surface area contributed by atoms with E-state index in [0.717, 1.165) is 13.0 Å². The van der Waals surface area contributed by atoms with Gasteiger partial charge in [-0.1, -0.05) is 31.4 Å². The van der Waals surface area contributed by atoms with E-state index < -0.39 is 0 Å². The molecular formula is C14H23NO. The van der Waals surface area contributed by atoms with E-state index in [1.54, 1.807) is 0 Å². The van der Waals surface area contributed by atoms with Gasteiger partial charge >= 0.3 is 0 Å². The smallest absolute Gasteiger partial charge is 0.0825 e. The molecule has 0 amide bonds. The molecule has 0 bridgehead atoms. The number of hydrogen-bond acceptors (Lipinski definition) is 2. The van der Waals surface area contributed by atoms with Crippen molar-refractivity contribution in [2.75, 3.05) is 6.54 Å². The lowest BCUT2D eigenvalue weighted by molar-refractivity contribution is 0.000767. The summed E-state index contributed by atoms with van der Waals surface area (Å²) in [5, 5.41) is 14.4. The molecule has 90 valence electrons. The molecule has 3 aliphatic rings. The first-order valence-corrected chi connectivity index (χ1v) is 6.88. The maximum Gasteiger partial charge on any atom is 0.0825 e. The summed E-state index contributed by atoms with van der Waals surface area (Å²) in [6, 6.07) is 0. The highest BCUT2D eigenvalue weighted by atomic mass is 16.3. The van der Waals surface area contributed by atoms with Crippen LogP contribution in [0.5, 0.6) is 0 Å². The fourth-order valence-corrected chi connectivity index (χ4v) is 4.05. The van der Waals surface area contributed by atoms with Gasteiger partial charge < -0.3 is 10.4 Å². The summed E-state index contributed by atoms with van der Waals surface area (Å²) in [6.45, 7) is 1.03. The number of aliphatic hydroxyl groups is 1. The molecule has 2 spiro atoms. The van der Waals surface area contributed by atoms with Gasteiger partial charge in [0.15, 0.2) is 0 Å². The molecule has 1 saturated carbocycles. The van der Waals surface area contributed by atoms with Gasteiger partial charge in [-0.2, -0.15) is 0 Å². The van der Waals surface area contributed by atoms with Gasteiger partial charge in [0, 0.05) is 12.0 Å². The summed E-state index contributed by atoms with van der Waals surface area (Å²) in [5.41, 5.74) is 0.121. The molecule has 2 unspecified atom stereocenters. The summed E-state index contributed by atoms with van der Waals surface area (Å²) in [6.07, 6.45) is 14.3. The molecule has 0 radical (unpaired) electrons. The van der Waals surface area contributed by atoms with Crippen molar-refractivity contribution in [3.05, 3.63) is 12.2 Å². The van der Waals surface area contributed by atoms with Crippen molar-refractivity contribution in [3.63, 3.8) is 0 Å². The van der Waals surface area contributed by atoms with Crippen molar-refractivity contribution in [3.8, 4) is 0 Å². The van der Waals surface area contributed by atoms with Crippen molar-refractivity contribution >= 4 is 0 Å². The van der Waals surface area contributed by atoms with Crippen LogP contribution in [0.4, 0.5) is 0 Å². The van der Waals surface area contributed by atoms with Crippen LogP contribution in [0.15, 0.2) is 12.2 Å². The lowest BCUT2D eigenvalue weighted by Crippen LogP contribution is -2.49. The van der Waals surface area contributed by atoms with Crippen molar-refractivity contribution in [2.45, 2.75) is 63.0 Å². The van der Waals surface area contributed by atoms with Gasteiger partial charge in [0.1, 0.15) is 0 Å². The van der Waals surface area contributed by atoms with E-state index in [-0.39, 0.29) is 17.1 Å². The van der Waals surface area contributed by atoms with E-state index >= 15 is 0 Å². The molecule has 1 saturated heterocycles. The van der Waals surface area contributed by atoms with E-state index in [1.807, 2.05) is 0 Å². The lowest BCUT2D eigenvalue weighted by Gasteiger charge is -2.40. The van der Waals surface area contributed by atoms with Gasteiger partial charge in [0.2, 0.25) is 0 Å². The molecule has 1 aliphatic heterocycles. The molecule has 2 fully saturated rings. The summed E-state index contributed by atoms with van der Waals surface area (Å²) < 4.78 is 0. The van der Waals surface area contributed by atoms with E-state index in [9.17, 15) is 5.11 Å². The fourth-order valence-electron chi connectivity index (χ4n) is 4.05. The van der Waals surface area contributed by atoms with Crippen LogP contribution in [-0.2, 0) is 0 Å². The summed E-state index contributed by atoms with van der Waals surface area (Å²) in [7, 11) is 0. The summed E-state index contributed by atoms with van der Waals surface area (Å²) in [5.74, 6) is 0. The van der Waals surface area contributed by atoms with Crippen molar-refractivity contribution in [1.29, 1.82) is 0 Å². The maximum absolute atomic E-state index is 10.8. The minimum absolute atomic E-state index is 0.0738. The monoisotopic (exact) mass is 221 g/mol. The van der Waals surface area contributed by atoms with Crippen LogP contribution < -0.4 is 5.32 Å². The van der Waals surface area contributed by atoms with Crippen molar-refractivity contribution < 1.29 is 5.11 Å². The Morgan fingerprint density at radius 2 is 1.88 bits per heavy atom. The van der Waals surface area contributed by atoms with Crippen LogP contribution >= 0.6 is 0 Å². The van der Waals surface area contributed by atoms with Crippen LogP contribution in [0.1, 0.15) is 51.4 Å². The second-order valence-corrected chi connectivity index (χ2v) is 6.01. The van der Waals surface area contributed by atoms with E-state index in [1.165, 1.54) is 44.9 Å². The van der Waals surface area contributed by atoms with Crippen LogP contribution in [0.2, 0.25) is 0 Å². The predicted molar refractivity (Wildman–Crippen MR) is 65.2 cm³/mol. The molecule has 2 heteroatoms. The molecular weight excluding hydrogens is 198 g/mol. The number of nitrogens with one attached hydrogen (secondary N) is 1. The molecule has 2 nitrogen and oxygen atoms in total. The third-order valence-corrected chi connectivity index (χ3v) is 5.06. The minimum Gasteiger partial charge on any atom is -0.390 e. The van der Waals surface area contributed by atoms with Crippen LogP contribution in [0.3, 0.4) is 0 Å². The first-order valence-electron chi connectivity index (χ1n) is 6.88. The maximum atomic E-state index is 10.8. The minimum atomic E-state index is -0.156. The van der Waals surface area contributed by atoms with Gasteiger partial charge in [-0.25, -0.2) is 0 Å². The molecule has 2 atom stereocenters. The normalized spacial score (nSPS) is 41.9. The second-order valence-electron chi connectivity index (χ2n) is 6.01. The Labute approximate surface area is 98.1 Å². The van der Waals surface area contributed by atoms with Gasteiger partial charge in [-0.05, 0) is 32.1 Å². The Bertz CT molecular complexity index is 293. The average Bonchev–Trinajstić information content (AvgIpc) is 2.59. The molecule has 16 heavy (non-hydrogen) atoms. The molecule has 2 aliphatic carbocycles. The predicted octanol–water partition coefficient (Wildman–Crippen LogP) is 2.38. The van der Waals surface area contributed by atoms with E-state index in [2.05, 4.69) is 17.5 Å².